The lowest BCUT2D eigenvalue weighted by molar-refractivity contribution is -0.151. The predicted octanol–water partition coefficient (Wildman–Crippen LogP) is 6.31. The molecular formula is C28H42N2O5S. The average Bonchev–Trinajstić information content (AvgIpc) is 3.33. The van der Waals surface area contributed by atoms with E-state index in [0.717, 1.165) is 24.7 Å². The second-order valence-electron chi connectivity index (χ2n) is 11.8. The number of carbonyl (C=O) groups is 2. The molecule has 3 bridgehead atoms. The second-order valence-corrected chi connectivity index (χ2v) is 13.1. The van der Waals surface area contributed by atoms with Gasteiger partial charge in [-0.1, -0.05) is 46.0 Å². The van der Waals surface area contributed by atoms with Crippen LogP contribution in [0.4, 0.5) is 0 Å². The van der Waals surface area contributed by atoms with Crippen molar-refractivity contribution < 1.29 is 24.0 Å². The molecule has 1 amide bonds. The Labute approximate surface area is 218 Å². The highest BCUT2D eigenvalue weighted by atomic mass is 32.2. The van der Waals surface area contributed by atoms with Gasteiger partial charge in [0, 0.05) is 11.3 Å². The molecule has 5 rings (SSSR count). The van der Waals surface area contributed by atoms with E-state index < -0.39 is 11.4 Å². The molecule has 4 saturated carbocycles. The minimum Gasteiger partial charge on any atom is -0.481 e. The van der Waals surface area contributed by atoms with Crippen LogP contribution in [0.2, 0.25) is 0 Å². The maximum absolute atomic E-state index is 13.6. The lowest BCUT2D eigenvalue weighted by Crippen LogP contribution is -2.42. The molecule has 0 aromatic carbocycles. The van der Waals surface area contributed by atoms with Crippen molar-refractivity contribution in [3.63, 3.8) is 0 Å². The molecule has 8 heteroatoms. The van der Waals surface area contributed by atoms with Crippen molar-refractivity contribution in [2.24, 2.45) is 29.1 Å². The molecule has 5 atom stereocenters. The lowest BCUT2D eigenvalue weighted by atomic mass is 9.79. The molecule has 4 aliphatic rings. The number of hydrogen-bond donors (Lipinski definition) is 2. The molecule has 0 saturated heterocycles. The van der Waals surface area contributed by atoms with Crippen LogP contribution >= 0.6 is 11.8 Å². The number of thioether (sulfide) groups is 1. The third kappa shape index (κ3) is 5.03. The van der Waals surface area contributed by atoms with Gasteiger partial charge in [-0.3, -0.25) is 9.59 Å². The van der Waals surface area contributed by atoms with E-state index in [1.807, 2.05) is 13.8 Å². The molecule has 2 N–H and O–H groups in total. The maximum Gasteiger partial charge on any atom is 0.313 e. The van der Waals surface area contributed by atoms with Crippen LogP contribution in [0.25, 0.3) is 0 Å². The van der Waals surface area contributed by atoms with Crippen molar-refractivity contribution in [3.8, 4) is 5.88 Å². The van der Waals surface area contributed by atoms with Crippen LogP contribution in [0, 0.1) is 29.1 Å². The summed E-state index contributed by atoms with van der Waals surface area (Å²) in [5, 5.41) is 17.8. The molecule has 200 valence electrons. The fraction of sp³-hybridized carbons (Fsp3) is 0.821. The fourth-order valence-corrected chi connectivity index (χ4v) is 8.87. The third-order valence-corrected chi connectivity index (χ3v) is 11.3. The Morgan fingerprint density at radius 1 is 1.06 bits per heavy atom. The van der Waals surface area contributed by atoms with E-state index in [4.69, 9.17) is 9.26 Å². The van der Waals surface area contributed by atoms with Crippen molar-refractivity contribution in [1.82, 2.24) is 10.5 Å². The molecule has 0 aliphatic heterocycles. The van der Waals surface area contributed by atoms with Gasteiger partial charge in [0.1, 0.15) is 16.9 Å². The number of nitrogens with one attached hydrogen (secondary N) is 1. The van der Waals surface area contributed by atoms with Crippen molar-refractivity contribution in [2.45, 2.75) is 114 Å². The summed E-state index contributed by atoms with van der Waals surface area (Å²) < 4.78 is 11.7. The molecule has 1 heterocycles. The first-order valence-electron chi connectivity index (χ1n) is 14.3. The predicted molar refractivity (Wildman–Crippen MR) is 138 cm³/mol. The summed E-state index contributed by atoms with van der Waals surface area (Å²) >= 11 is 1.63. The zero-order valence-corrected chi connectivity index (χ0v) is 22.6. The number of amides is 1. The zero-order valence-electron chi connectivity index (χ0n) is 21.8. The first-order valence-corrected chi connectivity index (χ1v) is 15.2. The van der Waals surface area contributed by atoms with E-state index >= 15 is 0 Å². The van der Waals surface area contributed by atoms with Gasteiger partial charge in [0.15, 0.2) is 0 Å². The minimum atomic E-state index is -0.979. The molecule has 4 fully saturated rings. The smallest absolute Gasteiger partial charge is 0.313 e. The van der Waals surface area contributed by atoms with Gasteiger partial charge in [-0.2, -0.15) is 0 Å². The summed E-state index contributed by atoms with van der Waals surface area (Å²) in [5.74, 6) is 2.17. The Hall–Kier alpha value is -1.70. The van der Waals surface area contributed by atoms with Crippen LogP contribution in [0.1, 0.15) is 108 Å². The molecule has 4 aliphatic carbocycles. The summed E-state index contributed by atoms with van der Waals surface area (Å²) in [5.41, 5.74) is -0.979. The number of ether oxygens (including phenoxy) is 1. The number of carboxylic acids is 1. The van der Waals surface area contributed by atoms with Crippen LogP contribution in [-0.2, 0) is 4.79 Å². The van der Waals surface area contributed by atoms with Crippen molar-refractivity contribution >= 4 is 23.6 Å². The largest absolute Gasteiger partial charge is 0.481 e. The summed E-state index contributed by atoms with van der Waals surface area (Å²) in [6, 6.07) is 0.217. The Bertz CT molecular complexity index is 938. The molecule has 0 spiro atoms. The highest BCUT2D eigenvalue weighted by Crippen LogP contribution is 2.53. The van der Waals surface area contributed by atoms with E-state index in [1.165, 1.54) is 57.8 Å². The number of aromatic nitrogens is 1. The van der Waals surface area contributed by atoms with Crippen molar-refractivity contribution in [3.05, 3.63) is 5.76 Å². The highest BCUT2D eigenvalue weighted by Gasteiger charge is 2.50. The van der Waals surface area contributed by atoms with E-state index in [2.05, 4.69) is 10.5 Å². The van der Waals surface area contributed by atoms with Crippen LogP contribution in [0.15, 0.2) is 9.42 Å². The minimum absolute atomic E-state index is 0.0109. The SMILES string of the molecule is CCC(CC)(COc1noc(C(=O)NC2C3CC4CCCC2C(C4)C3)c1SC1CCCCC1)C(=O)O. The fourth-order valence-electron chi connectivity index (χ4n) is 7.54. The quantitative estimate of drug-likeness (QED) is 0.374. The molecule has 0 radical (unpaired) electrons. The molecule has 1 aromatic rings. The van der Waals surface area contributed by atoms with E-state index in [-0.39, 0.29) is 30.2 Å². The lowest BCUT2D eigenvalue weighted by Gasteiger charge is -2.29. The van der Waals surface area contributed by atoms with Crippen LogP contribution < -0.4 is 10.1 Å². The standard InChI is InChI=1S/C28H42N2O5S/c1-3-28(4-2,27(32)33)16-34-26-24(36-20-10-6-5-7-11-20)23(35-30-26)25(31)29-22-19-14-17-9-8-12-21(22)18(13-17)15-19/h17-22H,3-16H2,1-2H3,(H,29,31)(H,32,33). The zero-order chi connectivity index (χ0) is 25.3. The van der Waals surface area contributed by atoms with Crippen LogP contribution in [-0.4, -0.2) is 40.0 Å². The average molecular weight is 519 g/mol. The van der Waals surface area contributed by atoms with Gasteiger partial charge >= 0.3 is 5.97 Å². The monoisotopic (exact) mass is 518 g/mol. The van der Waals surface area contributed by atoms with Gasteiger partial charge in [0.25, 0.3) is 11.8 Å². The number of hydrogen-bond acceptors (Lipinski definition) is 6. The van der Waals surface area contributed by atoms with Gasteiger partial charge in [-0.05, 0) is 80.2 Å². The van der Waals surface area contributed by atoms with Gasteiger partial charge in [-0.15, -0.1) is 11.8 Å². The van der Waals surface area contributed by atoms with Gasteiger partial charge in [0.05, 0.1) is 0 Å². The Morgan fingerprint density at radius 3 is 2.53 bits per heavy atom. The molecular weight excluding hydrogens is 476 g/mol. The van der Waals surface area contributed by atoms with Crippen LogP contribution in [0.3, 0.4) is 0 Å². The van der Waals surface area contributed by atoms with Crippen molar-refractivity contribution in [1.29, 1.82) is 0 Å². The molecule has 7 nitrogen and oxygen atoms in total. The number of rotatable bonds is 10. The second kappa shape index (κ2) is 11.0. The summed E-state index contributed by atoms with van der Waals surface area (Å²) in [7, 11) is 0. The summed E-state index contributed by atoms with van der Waals surface area (Å²) in [6.07, 6.45) is 14.4. The number of fused-ring (bicyclic) bond motifs is 2. The first kappa shape index (κ1) is 25.9. The Kier molecular flexibility index (Phi) is 7.89. The van der Waals surface area contributed by atoms with E-state index in [1.54, 1.807) is 11.8 Å². The topological polar surface area (TPSA) is 102 Å². The Balaban J connectivity index is 1.36. The van der Waals surface area contributed by atoms with Gasteiger partial charge < -0.3 is 19.7 Å². The molecule has 36 heavy (non-hydrogen) atoms. The van der Waals surface area contributed by atoms with Crippen LogP contribution in [0.5, 0.6) is 5.88 Å². The first-order chi connectivity index (χ1) is 17.4. The number of carboxylic acid groups (broad SMARTS) is 1. The normalized spacial score (nSPS) is 30.2. The number of nitrogens with zero attached hydrogens (tertiary/aromatic N) is 1. The summed E-state index contributed by atoms with van der Waals surface area (Å²) in [4.78, 5) is 26.3. The van der Waals surface area contributed by atoms with E-state index in [0.29, 0.717) is 34.8 Å². The molecule has 1 aromatic heterocycles. The highest BCUT2D eigenvalue weighted by molar-refractivity contribution is 8.00. The van der Waals surface area contributed by atoms with E-state index in [9.17, 15) is 14.7 Å². The third-order valence-electron chi connectivity index (χ3n) is 9.86. The van der Waals surface area contributed by atoms with Gasteiger partial charge in [0.2, 0.25) is 5.76 Å². The summed E-state index contributed by atoms with van der Waals surface area (Å²) in [6.45, 7) is 3.75. The number of carbonyl (C=O) groups excluding carboxylic acids is 1. The Morgan fingerprint density at radius 2 is 1.81 bits per heavy atom. The molecule has 5 unspecified atom stereocenters. The van der Waals surface area contributed by atoms with Crippen molar-refractivity contribution in [2.75, 3.05) is 6.61 Å². The maximum atomic E-state index is 13.6. The number of aliphatic carboxylic acids is 1. The van der Waals surface area contributed by atoms with Gasteiger partial charge in [-0.25, -0.2) is 0 Å².